The van der Waals surface area contributed by atoms with Crippen molar-refractivity contribution in [1.29, 1.82) is 5.26 Å². The second-order valence-electron chi connectivity index (χ2n) is 6.09. The highest BCUT2D eigenvalue weighted by atomic mass is 16.5. The Labute approximate surface area is 141 Å². The van der Waals surface area contributed by atoms with E-state index in [0.717, 1.165) is 19.3 Å². The molecule has 0 aliphatic heterocycles. The zero-order chi connectivity index (χ0) is 17.6. The minimum atomic E-state index is -0.887. The van der Waals surface area contributed by atoms with Crippen LogP contribution in [0.3, 0.4) is 0 Å². The molecule has 1 aromatic rings. The van der Waals surface area contributed by atoms with Gasteiger partial charge in [-0.1, -0.05) is 6.92 Å². The molecule has 24 heavy (non-hydrogen) atoms. The Bertz CT molecular complexity index is 631. The molecular formula is C18H22N2O4. The average molecular weight is 330 g/mol. The Balaban J connectivity index is 1.82. The highest BCUT2D eigenvalue weighted by Gasteiger charge is 2.43. The van der Waals surface area contributed by atoms with Crippen molar-refractivity contribution in [3.8, 4) is 11.8 Å². The number of nitrogens with one attached hydrogen (secondary N) is 1. The number of hydrogen-bond donors (Lipinski definition) is 1. The fourth-order valence-electron chi connectivity index (χ4n) is 2.33. The molecule has 0 unspecified atom stereocenters. The van der Waals surface area contributed by atoms with E-state index in [9.17, 15) is 14.9 Å². The van der Waals surface area contributed by atoms with E-state index in [1.54, 1.807) is 31.2 Å². The van der Waals surface area contributed by atoms with Gasteiger partial charge in [0, 0.05) is 0 Å². The first kappa shape index (κ1) is 17.8. The van der Waals surface area contributed by atoms with Crippen LogP contribution in [-0.4, -0.2) is 30.6 Å². The number of rotatable bonds is 8. The Kier molecular flexibility index (Phi) is 5.80. The maximum atomic E-state index is 11.9. The molecule has 0 spiro atoms. The minimum Gasteiger partial charge on any atom is -0.494 e. The van der Waals surface area contributed by atoms with Crippen molar-refractivity contribution in [2.75, 3.05) is 13.2 Å². The topological polar surface area (TPSA) is 88.4 Å². The summed E-state index contributed by atoms with van der Waals surface area (Å²) in [7, 11) is 0. The highest BCUT2D eigenvalue weighted by molar-refractivity contribution is 5.91. The van der Waals surface area contributed by atoms with Crippen LogP contribution in [0.2, 0.25) is 0 Å². The number of hydrogen-bond acceptors (Lipinski definition) is 5. The number of nitrogens with zero attached hydrogens (tertiary/aromatic N) is 1. The van der Waals surface area contributed by atoms with Gasteiger partial charge in [0.15, 0.2) is 6.61 Å². The van der Waals surface area contributed by atoms with E-state index in [0.29, 0.717) is 17.9 Å². The van der Waals surface area contributed by atoms with Crippen LogP contribution < -0.4 is 10.1 Å². The van der Waals surface area contributed by atoms with Gasteiger partial charge in [-0.3, -0.25) is 4.79 Å². The van der Waals surface area contributed by atoms with E-state index in [4.69, 9.17) is 9.47 Å². The van der Waals surface area contributed by atoms with Gasteiger partial charge in [-0.15, -0.1) is 0 Å². The molecule has 1 aliphatic rings. The first-order valence-electron chi connectivity index (χ1n) is 8.10. The molecular weight excluding hydrogens is 308 g/mol. The van der Waals surface area contributed by atoms with Crippen LogP contribution in [0.25, 0.3) is 0 Å². The minimum absolute atomic E-state index is 0.179. The third-order valence-electron chi connectivity index (χ3n) is 3.92. The van der Waals surface area contributed by atoms with E-state index in [2.05, 4.69) is 11.4 Å². The van der Waals surface area contributed by atoms with Gasteiger partial charge < -0.3 is 14.8 Å². The van der Waals surface area contributed by atoms with E-state index in [-0.39, 0.29) is 5.92 Å². The Morgan fingerprint density at radius 3 is 2.54 bits per heavy atom. The largest absolute Gasteiger partial charge is 0.494 e. The van der Waals surface area contributed by atoms with Gasteiger partial charge in [0.25, 0.3) is 5.91 Å². The maximum absolute atomic E-state index is 11.9. The van der Waals surface area contributed by atoms with Gasteiger partial charge in [-0.2, -0.15) is 5.26 Å². The summed E-state index contributed by atoms with van der Waals surface area (Å²) < 4.78 is 10.4. The Morgan fingerprint density at radius 2 is 2.00 bits per heavy atom. The van der Waals surface area contributed by atoms with Crippen LogP contribution >= 0.6 is 0 Å². The molecule has 0 heterocycles. The lowest BCUT2D eigenvalue weighted by Crippen LogP contribution is -2.48. The summed E-state index contributed by atoms with van der Waals surface area (Å²) in [6.45, 7) is 3.91. The first-order valence-corrected chi connectivity index (χ1v) is 8.10. The molecule has 1 fully saturated rings. The zero-order valence-electron chi connectivity index (χ0n) is 14.0. The molecule has 1 aromatic carbocycles. The fourth-order valence-corrected chi connectivity index (χ4v) is 2.33. The van der Waals surface area contributed by atoms with Crippen LogP contribution in [0, 0.1) is 17.2 Å². The van der Waals surface area contributed by atoms with Crippen molar-refractivity contribution in [1.82, 2.24) is 5.32 Å². The molecule has 128 valence electrons. The molecule has 1 amide bonds. The van der Waals surface area contributed by atoms with Gasteiger partial charge in [0.05, 0.1) is 18.2 Å². The maximum Gasteiger partial charge on any atom is 0.338 e. The molecule has 0 aromatic heterocycles. The highest BCUT2D eigenvalue weighted by Crippen LogP contribution is 2.39. The lowest BCUT2D eigenvalue weighted by molar-refractivity contribution is -0.125. The lowest BCUT2D eigenvalue weighted by Gasteiger charge is -2.22. The summed E-state index contributed by atoms with van der Waals surface area (Å²) >= 11 is 0. The molecule has 0 saturated heterocycles. The molecule has 2 rings (SSSR count). The number of benzene rings is 1. The zero-order valence-corrected chi connectivity index (χ0v) is 14.0. The van der Waals surface area contributed by atoms with Crippen LogP contribution in [0.15, 0.2) is 24.3 Å². The molecule has 6 heteroatoms. The van der Waals surface area contributed by atoms with E-state index >= 15 is 0 Å². The average Bonchev–Trinajstić information content (AvgIpc) is 3.43. The second kappa shape index (κ2) is 7.82. The van der Waals surface area contributed by atoms with Crippen molar-refractivity contribution < 1.29 is 19.1 Å². The molecule has 0 radical (unpaired) electrons. The van der Waals surface area contributed by atoms with Crippen LogP contribution in [0.1, 0.15) is 43.5 Å². The molecule has 1 aliphatic carbocycles. The van der Waals surface area contributed by atoms with Crippen LogP contribution in [-0.2, 0) is 9.53 Å². The van der Waals surface area contributed by atoms with Gasteiger partial charge in [-0.25, -0.2) is 4.79 Å². The monoisotopic (exact) mass is 330 g/mol. The van der Waals surface area contributed by atoms with Crippen molar-refractivity contribution in [2.45, 2.75) is 38.6 Å². The summed E-state index contributed by atoms with van der Waals surface area (Å²) in [5.74, 6) is -0.197. The third kappa shape index (κ3) is 4.72. The number of nitriles is 1. The van der Waals surface area contributed by atoms with Crippen molar-refractivity contribution in [3.63, 3.8) is 0 Å². The van der Waals surface area contributed by atoms with Crippen molar-refractivity contribution in [3.05, 3.63) is 29.8 Å². The summed E-state index contributed by atoms with van der Waals surface area (Å²) in [5.41, 5.74) is -0.543. The van der Waals surface area contributed by atoms with Crippen LogP contribution in [0.4, 0.5) is 0 Å². The summed E-state index contributed by atoms with van der Waals surface area (Å²) in [5, 5.41) is 11.9. The standard InChI is InChI=1S/C18H22N2O4/c1-3-10-23-15-8-4-13(5-9-15)17(22)24-11-16(21)20-18(2,12-19)14-6-7-14/h4-5,8-9,14H,3,6-7,10-11H2,1-2H3,(H,20,21)/t18-/m1/s1. The Morgan fingerprint density at radius 1 is 1.33 bits per heavy atom. The number of esters is 1. The van der Waals surface area contributed by atoms with Gasteiger partial charge >= 0.3 is 5.97 Å². The second-order valence-corrected chi connectivity index (χ2v) is 6.09. The number of carbonyl (C=O) groups is 2. The number of ether oxygens (including phenoxy) is 2. The van der Waals surface area contributed by atoms with E-state index in [1.807, 2.05) is 6.92 Å². The Hall–Kier alpha value is -2.55. The molecule has 1 N–H and O–H groups in total. The fraction of sp³-hybridized carbons (Fsp3) is 0.500. The molecule has 6 nitrogen and oxygen atoms in total. The number of amides is 1. The predicted octanol–water partition coefficient (Wildman–Crippen LogP) is 2.44. The SMILES string of the molecule is CCCOc1ccc(C(=O)OCC(=O)N[C@](C)(C#N)C2CC2)cc1. The number of carbonyl (C=O) groups excluding carboxylic acids is 2. The van der Waals surface area contributed by atoms with E-state index in [1.165, 1.54) is 0 Å². The lowest BCUT2D eigenvalue weighted by atomic mass is 9.98. The summed E-state index contributed by atoms with van der Waals surface area (Å²) in [6, 6.07) is 8.68. The summed E-state index contributed by atoms with van der Waals surface area (Å²) in [6.07, 6.45) is 2.76. The summed E-state index contributed by atoms with van der Waals surface area (Å²) in [4.78, 5) is 23.8. The predicted molar refractivity (Wildman–Crippen MR) is 87.4 cm³/mol. The van der Waals surface area contributed by atoms with Crippen molar-refractivity contribution in [2.24, 2.45) is 5.92 Å². The molecule has 1 atom stereocenters. The van der Waals surface area contributed by atoms with E-state index < -0.39 is 24.0 Å². The van der Waals surface area contributed by atoms with Gasteiger partial charge in [0.2, 0.25) is 0 Å². The normalized spacial score (nSPS) is 15.7. The molecule has 1 saturated carbocycles. The first-order chi connectivity index (χ1) is 11.5. The van der Waals surface area contributed by atoms with Crippen molar-refractivity contribution >= 4 is 11.9 Å². The van der Waals surface area contributed by atoms with Crippen LogP contribution in [0.5, 0.6) is 5.75 Å². The quantitative estimate of drug-likeness (QED) is 0.740. The third-order valence-corrected chi connectivity index (χ3v) is 3.92. The van der Waals surface area contributed by atoms with Gasteiger partial charge in [-0.05, 0) is 56.4 Å². The van der Waals surface area contributed by atoms with Gasteiger partial charge in [0.1, 0.15) is 11.3 Å². The molecule has 0 bridgehead atoms. The smallest absolute Gasteiger partial charge is 0.338 e.